The molecule has 2 aromatic heterocycles. The summed E-state index contributed by atoms with van der Waals surface area (Å²) < 4.78 is 43.7. The maximum absolute atomic E-state index is 14.1. The van der Waals surface area contributed by atoms with E-state index in [2.05, 4.69) is 25.9 Å². The molecule has 2 aliphatic carbocycles. The van der Waals surface area contributed by atoms with Gasteiger partial charge in [0, 0.05) is 41.8 Å². The number of alkyl halides is 3. The number of hydrogen-bond donors (Lipinski definition) is 3. The van der Waals surface area contributed by atoms with Crippen molar-refractivity contribution in [2.24, 2.45) is 11.3 Å². The minimum absolute atomic E-state index is 0.135. The predicted octanol–water partition coefficient (Wildman–Crippen LogP) is 2.10. The zero-order chi connectivity index (χ0) is 19.7. The monoisotopic (exact) mass is 394 g/mol. The van der Waals surface area contributed by atoms with Crippen LogP contribution in [0.1, 0.15) is 41.1 Å². The molecule has 7 nitrogen and oxygen atoms in total. The smallest absolute Gasteiger partial charge is 0.276 e. The van der Waals surface area contributed by atoms with Gasteiger partial charge in [-0.05, 0) is 19.4 Å². The quantitative estimate of drug-likeness (QED) is 0.744. The third kappa shape index (κ3) is 2.43. The van der Waals surface area contributed by atoms with E-state index in [0.29, 0.717) is 29.9 Å². The highest BCUT2D eigenvalue weighted by Gasteiger charge is 2.78. The maximum Gasteiger partial charge on any atom is 0.276 e. The van der Waals surface area contributed by atoms with E-state index >= 15 is 0 Å². The van der Waals surface area contributed by atoms with Crippen LogP contribution in [0.3, 0.4) is 0 Å². The number of nitrogens with zero attached hydrogens (tertiary/aromatic N) is 3. The van der Waals surface area contributed by atoms with E-state index in [1.165, 1.54) is 10.9 Å². The van der Waals surface area contributed by atoms with Gasteiger partial charge >= 0.3 is 0 Å². The van der Waals surface area contributed by atoms with Gasteiger partial charge in [-0.2, -0.15) is 10.2 Å². The van der Waals surface area contributed by atoms with Crippen molar-refractivity contribution in [1.29, 1.82) is 0 Å². The summed E-state index contributed by atoms with van der Waals surface area (Å²) in [5.41, 5.74) is 0.681. The van der Waals surface area contributed by atoms with E-state index in [9.17, 15) is 18.0 Å². The predicted molar refractivity (Wildman–Crippen MR) is 94.1 cm³/mol. The van der Waals surface area contributed by atoms with Gasteiger partial charge in [0.1, 0.15) is 6.17 Å². The molecule has 28 heavy (non-hydrogen) atoms. The highest BCUT2D eigenvalue weighted by atomic mass is 19.3. The topological polar surface area (TPSA) is 87.6 Å². The van der Waals surface area contributed by atoms with Crippen LogP contribution in [0.4, 0.5) is 18.9 Å². The van der Waals surface area contributed by atoms with Crippen LogP contribution in [0.5, 0.6) is 0 Å². The van der Waals surface area contributed by atoms with Gasteiger partial charge in [0.05, 0.1) is 17.9 Å². The number of halogens is 3. The molecule has 1 saturated carbocycles. The molecule has 0 unspecified atom stereocenters. The fourth-order valence-corrected chi connectivity index (χ4v) is 4.67. The molecule has 1 aliphatic heterocycles. The van der Waals surface area contributed by atoms with E-state index in [4.69, 9.17) is 0 Å². The van der Waals surface area contributed by atoms with Crippen LogP contribution in [0.25, 0.3) is 0 Å². The molecule has 1 amide bonds. The fraction of sp³-hybridized carbons (Fsp3) is 0.611. The molecule has 0 aromatic carbocycles. The van der Waals surface area contributed by atoms with Gasteiger partial charge in [0.25, 0.3) is 11.8 Å². The number of aromatic amines is 1. The second kappa shape index (κ2) is 5.82. The summed E-state index contributed by atoms with van der Waals surface area (Å²) in [5.74, 6) is -3.94. The van der Waals surface area contributed by atoms with Crippen molar-refractivity contribution in [2.45, 2.75) is 44.3 Å². The Morgan fingerprint density at radius 1 is 1.43 bits per heavy atom. The van der Waals surface area contributed by atoms with Crippen molar-refractivity contribution in [3.8, 4) is 0 Å². The Balaban J connectivity index is 1.32. The van der Waals surface area contributed by atoms with Crippen molar-refractivity contribution in [3.63, 3.8) is 0 Å². The summed E-state index contributed by atoms with van der Waals surface area (Å²) in [4.78, 5) is 12.7. The molecule has 3 aliphatic rings. The van der Waals surface area contributed by atoms with Crippen LogP contribution in [0.15, 0.2) is 12.4 Å². The van der Waals surface area contributed by atoms with Crippen molar-refractivity contribution in [3.05, 3.63) is 29.3 Å². The molecule has 2 fully saturated rings. The third-order valence-corrected chi connectivity index (χ3v) is 6.58. The Bertz CT molecular complexity index is 940. The summed E-state index contributed by atoms with van der Waals surface area (Å²) in [6.45, 7) is 2.56. The number of carbonyl (C=O) groups excluding carboxylic acids is 1. The SMILES string of the molecule is C[C@@]12Cc3[nH]nc(C(=O)Nc4cnn([C@@H]5CCNC[C@H]5F)c4)c3C[C@@H]1C2(F)F. The third-order valence-electron chi connectivity index (χ3n) is 6.58. The Labute approximate surface area is 159 Å². The first-order valence-electron chi connectivity index (χ1n) is 9.45. The number of hydrogen-bond acceptors (Lipinski definition) is 4. The number of aromatic nitrogens is 4. The Morgan fingerprint density at radius 2 is 2.25 bits per heavy atom. The van der Waals surface area contributed by atoms with Gasteiger partial charge in [0.15, 0.2) is 5.69 Å². The lowest BCUT2D eigenvalue weighted by Crippen LogP contribution is -2.39. The fourth-order valence-electron chi connectivity index (χ4n) is 4.67. The Kier molecular flexibility index (Phi) is 3.68. The molecule has 0 spiro atoms. The maximum atomic E-state index is 14.1. The molecule has 2 aromatic rings. The first kappa shape index (κ1) is 17.7. The number of piperidine rings is 1. The summed E-state index contributed by atoms with van der Waals surface area (Å²) in [7, 11) is 0. The zero-order valence-electron chi connectivity index (χ0n) is 15.3. The number of H-pyrrole nitrogens is 1. The average molecular weight is 394 g/mol. The standard InChI is InChI=1S/C18H21F3N6O/c1-17-5-12-10(4-14(17)18(17,20)21)15(26-25-12)16(28)24-9-6-23-27(8-9)13-2-3-22-7-11(13)19/h6,8,11,13-14,22H,2-5,7H2,1H3,(H,24,28)(H,25,26)/t11-,13-,14+,17-/m1/s1. The second-order valence-corrected chi connectivity index (χ2v) is 8.24. The van der Waals surface area contributed by atoms with Crippen LogP contribution in [-0.4, -0.2) is 51.1 Å². The van der Waals surface area contributed by atoms with E-state index < -0.39 is 29.3 Å². The van der Waals surface area contributed by atoms with Crippen molar-refractivity contribution >= 4 is 11.6 Å². The first-order valence-corrected chi connectivity index (χ1v) is 9.45. The molecule has 150 valence electrons. The lowest BCUT2D eigenvalue weighted by Gasteiger charge is -2.26. The van der Waals surface area contributed by atoms with E-state index in [1.54, 1.807) is 13.1 Å². The molecule has 3 N–H and O–H groups in total. The Hall–Kier alpha value is -2.36. The van der Waals surface area contributed by atoms with Crippen LogP contribution in [0, 0.1) is 11.3 Å². The highest BCUT2D eigenvalue weighted by molar-refractivity contribution is 6.04. The van der Waals surface area contributed by atoms with Crippen molar-refractivity contribution < 1.29 is 18.0 Å². The molecule has 0 bridgehead atoms. The number of rotatable bonds is 3. The van der Waals surface area contributed by atoms with Crippen LogP contribution in [0.2, 0.25) is 0 Å². The lowest BCUT2D eigenvalue weighted by atomic mass is 9.87. The summed E-state index contributed by atoms with van der Waals surface area (Å²) in [5, 5.41) is 16.7. The number of carbonyl (C=O) groups is 1. The van der Waals surface area contributed by atoms with Gasteiger partial charge in [-0.15, -0.1) is 0 Å². The van der Waals surface area contributed by atoms with E-state index in [-0.39, 0.29) is 31.1 Å². The zero-order valence-corrected chi connectivity index (χ0v) is 15.3. The molecular weight excluding hydrogens is 373 g/mol. The van der Waals surface area contributed by atoms with Crippen LogP contribution < -0.4 is 10.6 Å². The number of nitrogens with one attached hydrogen (secondary N) is 3. The van der Waals surface area contributed by atoms with Crippen molar-refractivity contribution in [1.82, 2.24) is 25.3 Å². The van der Waals surface area contributed by atoms with Gasteiger partial charge in [-0.25, -0.2) is 13.2 Å². The van der Waals surface area contributed by atoms with Crippen LogP contribution in [-0.2, 0) is 12.8 Å². The molecule has 5 rings (SSSR count). The normalized spacial score (nSPS) is 33.1. The average Bonchev–Trinajstić information content (AvgIpc) is 3.08. The van der Waals surface area contributed by atoms with Crippen LogP contribution >= 0.6 is 0 Å². The lowest BCUT2D eigenvalue weighted by molar-refractivity contribution is 0.0631. The summed E-state index contributed by atoms with van der Waals surface area (Å²) in [6, 6.07) is -0.375. The molecule has 3 heterocycles. The first-order chi connectivity index (χ1) is 13.3. The molecule has 4 atom stereocenters. The van der Waals surface area contributed by atoms with Gasteiger partial charge < -0.3 is 10.6 Å². The van der Waals surface area contributed by atoms with E-state index in [1.807, 2.05) is 0 Å². The highest BCUT2D eigenvalue weighted by Crippen LogP contribution is 2.70. The molecule has 10 heteroatoms. The number of anilines is 1. The summed E-state index contributed by atoms with van der Waals surface area (Å²) >= 11 is 0. The van der Waals surface area contributed by atoms with Gasteiger partial charge in [-0.3, -0.25) is 14.6 Å². The summed E-state index contributed by atoms with van der Waals surface area (Å²) in [6.07, 6.45) is 2.92. The molecule has 0 radical (unpaired) electrons. The van der Waals surface area contributed by atoms with Gasteiger partial charge in [-0.1, -0.05) is 6.92 Å². The minimum atomic E-state index is -2.71. The minimum Gasteiger partial charge on any atom is -0.318 e. The largest absolute Gasteiger partial charge is 0.318 e. The number of fused-ring (bicyclic) bond motifs is 2. The molecule has 1 saturated heterocycles. The molecular formula is C18H21F3N6O. The van der Waals surface area contributed by atoms with Gasteiger partial charge in [0.2, 0.25) is 0 Å². The number of amides is 1. The Morgan fingerprint density at radius 3 is 3.04 bits per heavy atom. The second-order valence-electron chi connectivity index (χ2n) is 8.24. The van der Waals surface area contributed by atoms with Crippen molar-refractivity contribution in [2.75, 3.05) is 18.4 Å². The van der Waals surface area contributed by atoms with E-state index in [0.717, 1.165) is 0 Å².